The average molecular weight is 410 g/mol. The van der Waals surface area contributed by atoms with Crippen molar-refractivity contribution in [2.24, 2.45) is 0 Å². The zero-order chi connectivity index (χ0) is 22.0. The lowest BCUT2D eigenvalue weighted by Crippen LogP contribution is -2.59. The van der Waals surface area contributed by atoms with E-state index in [-0.39, 0.29) is 11.2 Å². The Morgan fingerprint density at radius 3 is 2.24 bits per heavy atom. The molecule has 0 aromatic rings. The van der Waals surface area contributed by atoms with Crippen LogP contribution in [-0.2, 0) is 23.6 Å². The van der Waals surface area contributed by atoms with Crippen LogP contribution in [0.1, 0.15) is 48.5 Å². The first-order chi connectivity index (χ1) is 13.3. The number of piperazine rings is 1. The lowest BCUT2D eigenvalue weighted by Gasteiger charge is -2.39. The van der Waals surface area contributed by atoms with Crippen LogP contribution in [0.15, 0.2) is 12.1 Å². The lowest BCUT2D eigenvalue weighted by molar-refractivity contribution is -0.149. The van der Waals surface area contributed by atoms with Crippen molar-refractivity contribution in [2.75, 3.05) is 33.3 Å². The Hall–Kier alpha value is -1.58. The van der Waals surface area contributed by atoms with Crippen molar-refractivity contribution in [3.05, 3.63) is 12.1 Å². The zero-order valence-corrected chi connectivity index (χ0v) is 19.0. The van der Waals surface area contributed by atoms with Crippen molar-refractivity contribution in [1.29, 1.82) is 0 Å². The van der Waals surface area contributed by atoms with E-state index in [1.165, 1.54) is 12.0 Å². The Morgan fingerprint density at radius 1 is 1.14 bits per heavy atom. The fraction of sp³-hybridized carbons (Fsp3) is 0.800. The molecule has 1 atom stereocenters. The van der Waals surface area contributed by atoms with Gasteiger partial charge >= 0.3 is 19.2 Å². The Balaban J connectivity index is 1.96. The highest BCUT2D eigenvalue weighted by atomic mass is 16.7. The molecule has 0 aliphatic carbocycles. The summed E-state index contributed by atoms with van der Waals surface area (Å²) >= 11 is 0. The summed E-state index contributed by atoms with van der Waals surface area (Å²) in [6, 6.07) is -0.700. The van der Waals surface area contributed by atoms with E-state index in [0.29, 0.717) is 26.2 Å². The van der Waals surface area contributed by atoms with Crippen LogP contribution in [0.25, 0.3) is 0 Å². The molecule has 1 amide bonds. The maximum Gasteiger partial charge on any atom is 0.486 e. The largest absolute Gasteiger partial charge is 0.486 e. The third-order valence-corrected chi connectivity index (χ3v) is 5.49. The number of nitrogens with zero attached hydrogens (tertiary/aromatic N) is 2. The van der Waals surface area contributed by atoms with Crippen LogP contribution in [0, 0.1) is 0 Å². The number of hydrogen-bond acceptors (Lipinski definition) is 7. The van der Waals surface area contributed by atoms with E-state index in [4.69, 9.17) is 18.8 Å². The summed E-state index contributed by atoms with van der Waals surface area (Å²) in [6.07, 6.45) is 1.47. The van der Waals surface area contributed by atoms with Gasteiger partial charge in [0.25, 0.3) is 0 Å². The van der Waals surface area contributed by atoms with Gasteiger partial charge in [0.1, 0.15) is 11.6 Å². The lowest BCUT2D eigenvalue weighted by atomic mass is 9.90. The van der Waals surface area contributed by atoms with Gasteiger partial charge in [-0.25, -0.2) is 9.59 Å². The molecule has 9 heteroatoms. The Bertz CT molecular complexity index is 627. The van der Waals surface area contributed by atoms with Gasteiger partial charge in [-0.1, -0.05) is 12.1 Å². The summed E-state index contributed by atoms with van der Waals surface area (Å²) in [5.41, 5.74) is -1.38. The molecule has 0 saturated carbocycles. The number of ether oxygens (including phenoxy) is 2. The maximum absolute atomic E-state index is 12.5. The van der Waals surface area contributed by atoms with E-state index < -0.39 is 30.8 Å². The second kappa shape index (κ2) is 8.66. The molecule has 0 spiro atoms. The molecule has 164 valence electrons. The molecule has 2 saturated heterocycles. The highest BCUT2D eigenvalue weighted by Crippen LogP contribution is 2.36. The number of methoxy groups -OCH3 is 1. The summed E-state index contributed by atoms with van der Waals surface area (Å²) in [7, 11) is 0.923. The predicted octanol–water partition coefficient (Wildman–Crippen LogP) is 2.27. The van der Waals surface area contributed by atoms with Gasteiger partial charge in [0.05, 0.1) is 18.3 Å². The molecule has 2 fully saturated rings. The van der Waals surface area contributed by atoms with Crippen LogP contribution in [0.5, 0.6) is 0 Å². The van der Waals surface area contributed by atoms with E-state index >= 15 is 0 Å². The SMILES string of the molecule is COC(=O)[C@H]1CN(C/C=C/B2OC(C)(C)C(C)(C)O2)CCN1C(=O)OC(C)(C)C. The van der Waals surface area contributed by atoms with Gasteiger partial charge in [0, 0.05) is 26.2 Å². The van der Waals surface area contributed by atoms with Crippen LogP contribution in [0.4, 0.5) is 4.79 Å². The Labute approximate surface area is 174 Å². The highest BCUT2D eigenvalue weighted by molar-refractivity contribution is 6.51. The monoisotopic (exact) mass is 410 g/mol. The van der Waals surface area contributed by atoms with E-state index in [0.717, 1.165) is 0 Å². The molecule has 2 aliphatic rings. The van der Waals surface area contributed by atoms with Gasteiger partial charge < -0.3 is 18.8 Å². The van der Waals surface area contributed by atoms with E-state index in [9.17, 15) is 9.59 Å². The summed E-state index contributed by atoms with van der Waals surface area (Å²) in [5, 5.41) is 0. The molecule has 0 unspecified atom stereocenters. The van der Waals surface area contributed by atoms with Crippen LogP contribution in [0.2, 0.25) is 0 Å². The third kappa shape index (κ3) is 5.96. The minimum atomic E-state index is -0.700. The quantitative estimate of drug-likeness (QED) is 0.520. The van der Waals surface area contributed by atoms with E-state index in [1.807, 2.05) is 39.7 Å². The molecule has 0 bridgehead atoms. The first kappa shape index (κ1) is 23.7. The number of esters is 1. The van der Waals surface area contributed by atoms with Gasteiger partial charge in [0.2, 0.25) is 0 Å². The molecular formula is C20H35BN2O6. The van der Waals surface area contributed by atoms with Gasteiger partial charge in [-0.3, -0.25) is 9.80 Å². The smallest absolute Gasteiger partial charge is 0.467 e. The first-order valence-electron chi connectivity index (χ1n) is 10.1. The minimum Gasteiger partial charge on any atom is -0.467 e. The summed E-state index contributed by atoms with van der Waals surface area (Å²) in [4.78, 5) is 28.3. The fourth-order valence-electron chi connectivity index (χ4n) is 3.17. The maximum atomic E-state index is 12.5. The van der Waals surface area contributed by atoms with Gasteiger partial charge in [-0.05, 0) is 48.5 Å². The van der Waals surface area contributed by atoms with Crippen molar-refractivity contribution in [2.45, 2.75) is 71.3 Å². The molecule has 0 aromatic heterocycles. The number of carbonyl (C=O) groups is 2. The molecule has 0 aromatic carbocycles. The number of hydrogen-bond donors (Lipinski definition) is 0. The molecule has 8 nitrogen and oxygen atoms in total. The average Bonchev–Trinajstić information content (AvgIpc) is 2.79. The fourth-order valence-corrected chi connectivity index (χ4v) is 3.17. The summed E-state index contributed by atoms with van der Waals surface area (Å²) < 4.78 is 22.3. The van der Waals surface area contributed by atoms with E-state index in [2.05, 4.69) is 4.90 Å². The predicted molar refractivity (Wildman–Crippen MR) is 110 cm³/mol. The van der Waals surface area contributed by atoms with E-state index in [1.54, 1.807) is 20.8 Å². The van der Waals surface area contributed by atoms with Crippen molar-refractivity contribution < 1.29 is 28.4 Å². The van der Waals surface area contributed by atoms with Crippen molar-refractivity contribution in [3.8, 4) is 0 Å². The topological polar surface area (TPSA) is 77.5 Å². The number of rotatable bonds is 4. The zero-order valence-electron chi connectivity index (χ0n) is 19.0. The number of amides is 1. The van der Waals surface area contributed by atoms with Crippen LogP contribution >= 0.6 is 0 Å². The Morgan fingerprint density at radius 2 is 1.72 bits per heavy atom. The molecular weight excluding hydrogens is 375 g/mol. The second-order valence-corrected chi connectivity index (χ2v) is 9.53. The standard InChI is InChI=1S/C20H35BN2O6/c1-18(2,3)27-17(25)23-13-12-22(14-15(23)16(24)26-8)11-9-10-21-28-19(4,5)20(6,7)29-21/h9-10,15H,11-14H2,1-8H3/b10-9+/t15-/m1/s1. The van der Waals surface area contributed by atoms with Crippen molar-refractivity contribution in [1.82, 2.24) is 9.80 Å². The normalized spacial score (nSPS) is 24.8. The molecule has 0 N–H and O–H groups in total. The van der Waals surface area contributed by atoms with Gasteiger partial charge in [0.15, 0.2) is 0 Å². The molecule has 0 radical (unpaired) electrons. The first-order valence-corrected chi connectivity index (χ1v) is 10.1. The molecule has 2 aliphatic heterocycles. The van der Waals surface area contributed by atoms with Crippen LogP contribution < -0.4 is 0 Å². The van der Waals surface area contributed by atoms with Gasteiger partial charge in [-0.2, -0.15) is 0 Å². The summed E-state index contributed by atoms with van der Waals surface area (Å²) in [5.74, 6) is 1.44. The second-order valence-electron chi connectivity index (χ2n) is 9.53. The van der Waals surface area contributed by atoms with Crippen LogP contribution in [-0.4, -0.2) is 85.1 Å². The minimum absolute atomic E-state index is 0.375. The molecule has 2 rings (SSSR count). The van der Waals surface area contributed by atoms with Crippen molar-refractivity contribution >= 4 is 19.2 Å². The highest BCUT2D eigenvalue weighted by Gasteiger charge is 2.50. The Kier molecular flexibility index (Phi) is 7.07. The van der Waals surface area contributed by atoms with Gasteiger partial charge in [-0.15, -0.1) is 0 Å². The molecule has 2 heterocycles. The number of carbonyl (C=O) groups excluding carboxylic acids is 2. The van der Waals surface area contributed by atoms with Crippen molar-refractivity contribution in [3.63, 3.8) is 0 Å². The summed E-state index contributed by atoms with van der Waals surface area (Å²) in [6.45, 7) is 15.4. The van der Waals surface area contributed by atoms with Crippen LogP contribution in [0.3, 0.4) is 0 Å². The molecule has 29 heavy (non-hydrogen) atoms. The third-order valence-electron chi connectivity index (χ3n) is 5.49.